The molecule has 0 amide bonds. The van der Waals surface area contributed by atoms with E-state index in [1.807, 2.05) is 24.3 Å². The Hall–Kier alpha value is -2.10. The van der Waals surface area contributed by atoms with Crippen LogP contribution in [0.15, 0.2) is 36.5 Å². The molecule has 0 fully saturated rings. The second kappa shape index (κ2) is 4.61. The minimum Gasteiger partial charge on any atom is -0.497 e. The summed E-state index contributed by atoms with van der Waals surface area (Å²) in [6.45, 7) is 0. The van der Waals surface area contributed by atoms with Gasteiger partial charge in [-0.15, -0.1) is 0 Å². The molecule has 4 heteroatoms. The molecule has 0 saturated heterocycles. The summed E-state index contributed by atoms with van der Waals surface area (Å²) in [5, 5.41) is 0. The van der Waals surface area contributed by atoms with Crippen LogP contribution in [0.2, 0.25) is 0 Å². The Balaban J connectivity index is 2.41. The van der Waals surface area contributed by atoms with E-state index in [1.54, 1.807) is 26.5 Å². The van der Waals surface area contributed by atoms with Gasteiger partial charge in [0.2, 0.25) is 5.88 Å². The molecule has 82 valence electrons. The van der Waals surface area contributed by atoms with Crippen molar-refractivity contribution in [2.24, 2.45) is 0 Å². The number of nitrogens with zero attached hydrogens (tertiary/aromatic N) is 2. The summed E-state index contributed by atoms with van der Waals surface area (Å²) >= 11 is 0. The van der Waals surface area contributed by atoms with E-state index in [-0.39, 0.29) is 0 Å². The first kappa shape index (κ1) is 10.4. The quantitative estimate of drug-likeness (QED) is 0.788. The minimum absolute atomic E-state index is 0.549. The van der Waals surface area contributed by atoms with E-state index < -0.39 is 0 Å². The third-order valence-corrected chi connectivity index (χ3v) is 2.17. The maximum absolute atomic E-state index is 5.15. The van der Waals surface area contributed by atoms with Crippen LogP contribution in [0.4, 0.5) is 0 Å². The van der Waals surface area contributed by atoms with E-state index in [0.29, 0.717) is 11.7 Å². The zero-order valence-electron chi connectivity index (χ0n) is 9.18. The average molecular weight is 216 g/mol. The predicted octanol–water partition coefficient (Wildman–Crippen LogP) is 2.16. The van der Waals surface area contributed by atoms with E-state index in [9.17, 15) is 0 Å². The fourth-order valence-corrected chi connectivity index (χ4v) is 1.36. The number of hydrogen-bond donors (Lipinski definition) is 0. The zero-order chi connectivity index (χ0) is 11.4. The van der Waals surface area contributed by atoms with Crippen LogP contribution in [-0.4, -0.2) is 24.2 Å². The molecular formula is C12H12N2O2. The monoisotopic (exact) mass is 216 g/mol. The minimum atomic E-state index is 0.549. The lowest BCUT2D eigenvalue weighted by atomic mass is 10.2. The highest BCUT2D eigenvalue weighted by Gasteiger charge is 2.03. The summed E-state index contributed by atoms with van der Waals surface area (Å²) < 4.78 is 10.2. The normalized spacial score (nSPS) is 9.88. The topological polar surface area (TPSA) is 44.2 Å². The number of rotatable bonds is 3. The third kappa shape index (κ3) is 2.11. The highest BCUT2D eigenvalue weighted by molar-refractivity contribution is 5.57. The van der Waals surface area contributed by atoms with Gasteiger partial charge >= 0.3 is 0 Å². The molecule has 0 aliphatic carbocycles. The first-order chi connectivity index (χ1) is 7.83. The molecule has 0 N–H and O–H groups in total. The van der Waals surface area contributed by atoms with Crippen LogP contribution in [0.5, 0.6) is 11.6 Å². The molecule has 2 rings (SSSR count). The van der Waals surface area contributed by atoms with Gasteiger partial charge in [0, 0.05) is 17.8 Å². The lowest BCUT2D eigenvalue weighted by Gasteiger charge is -2.04. The molecule has 0 radical (unpaired) electrons. The molecule has 16 heavy (non-hydrogen) atoms. The highest BCUT2D eigenvalue weighted by Crippen LogP contribution is 2.21. The van der Waals surface area contributed by atoms with Gasteiger partial charge in [-0.3, -0.25) is 0 Å². The van der Waals surface area contributed by atoms with Gasteiger partial charge in [0.1, 0.15) is 5.75 Å². The molecule has 1 aromatic heterocycles. The molecule has 0 unspecified atom stereocenters. The van der Waals surface area contributed by atoms with Gasteiger partial charge in [-0.1, -0.05) is 12.1 Å². The van der Waals surface area contributed by atoms with E-state index in [2.05, 4.69) is 9.97 Å². The van der Waals surface area contributed by atoms with Crippen molar-refractivity contribution in [1.29, 1.82) is 0 Å². The SMILES string of the molecule is COc1cccc(-c2nccc(OC)n2)c1. The van der Waals surface area contributed by atoms with Crippen LogP contribution in [0, 0.1) is 0 Å². The largest absolute Gasteiger partial charge is 0.497 e. The molecule has 0 atom stereocenters. The summed E-state index contributed by atoms with van der Waals surface area (Å²) in [6, 6.07) is 9.30. The number of hydrogen-bond acceptors (Lipinski definition) is 4. The first-order valence-corrected chi connectivity index (χ1v) is 4.85. The number of ether oxygens (including phenoxy) is 2. The summed E-state index contributed by atoms with van der Waals surface area (Å²) in [5.41, 5.74) is 0.901. The van der Waals surface area contributed by atoms with Gasteiger partial charge < -0.3 is 9.47 Å². The van der Waals surface area contributed by atoms with Crippen LogP contribution in [0.3, 0.4) is 0 Å². The Morgan fingerprint density at radius 3 is 2.69 bits per heavy atom. The number of aromatic nitrogens is 2. The lowest BCUT2D eigenvalue weighted by Crippen LogP contribution is -1.93. The first-order valence-electron chi connectivity index (χ1n) is 4.85. The molecule has 0 saturated carbocycles. The fourth-order valence-electron chi connectivity index (χ4n) is 1.36. The molecule has 1 aromatic carbocycles. The van der Waals surface area contributed by atoms with Crippen molar-refractivity contribution in [1.82, 2.24) is 9.97 Å². The fraction of sp³-hybridized carbons (Fsp3) is 0.167. The maximum Gasteiger partial charge on any atom is 0.216 e. The van der Waals surface area contributed by atoms with Gasteiger partial charge in [0.25, 0.3) is 0 Å². The summed E-state index contributed by atoms with van der Waals surface area (Å²) in [7, 11) is 3.21. The predicted molar refractivity (Wildman–Crippen MR) is 60.6 cm³/mol. The Morgan fingerprint density at radius 1 is 1.06 bits per heavy atom. The smallest absolute Gasteiger partial charge is 0.216 e. The Kier molecular flexibility index (Phi) is 3.00. The molecule has 0 aliphatic heterocycles. The van der Waals surface area contributed by atoms with Crippen molar-refractivity contribution >= 4 is 0 Å². The summed E-state index contributed by atoms with van der Waals surface area (Å²) in [4.78, 5) is 8.43. The second-order valence-corrected chi connectivity index (χ2v) is 3.15. The maximum atomic E-state index is 5.15. The van der Waals surface area contributed by atoms with Crippen LogP contribution in [0.1, 0.15) is 0 Å². The van der Waals surface area contributed by atoms with Crippen molar-refractivity contribution in [3.8, 4) is 23.0 Å². The molecule has 0 aliphatic rings. The number of benzene rings is 1. The van der Waals surface area contributed by atoms with Crippen molar-refractivity contribution in [3.05, 3.63) is 36.5 Å². The second-order valence-electron chi connectivity index (χ2n) is 3.15. The van der Waals surface area contributed by atoms with Crippen molar-refractivity contribution < 1.29 is 9.47 Å². The van der Waals surface area contributed by atoms with Crippen molar-refractivity contribution in [3.63, 3.8) is 0 Å². The Morgan fingerprint density at radius 2 is 1.94 bits per heavy atom. The molecule has 4 nitrogen and oxygen atoms in total. The lowest BCUT2D eigenvalue weighted by molar-refractivity contribution is 0.397. The van der Waals surface area contributed by atoms with Crippen LogP contribution < -0.4 is 9.47 Å². The standard InChI is InChI=1S/C12H12N2O2/c1-15-10-5-3-4-9(8-10)12-13-7-6-11(14-12)16-2/h3-8H,1-2H3. The molecule has 2 aromatic rings. The van der Waals surface area contributed by atoms with Crippen LogP contribution in [0.25, 0.3) is 11.4 Å². The third-order valence-electron chi connectivity index (χ3n) is 2.17. The Bertz CT molecular complexity index is 440. The van der Waals surface area contributed by atoms with E-state index in [0.717, 1.165) is 11.3 Å². The Labute approximate surface area is 93.9 Å². The van der Waals surface area contributed by atoms with Crippen LogP contribution >= 0.6 is 0 Å². The number of methoxy groups -OCH3 is 2. The van der Waals surface area contributed by atoms with E-state index in [1.165, 1.54) is 0 Å². The van der Waals surface area contributed by atoms with Gasteiger partial charge in [-0.05, 0) is 12.1 Å². The van der Waals surface area contributed by atoms with Crippen LogP contribution in [-0.2, 0) is 0 Å². The highest BCUT2D eigenvalue weighted by atomic mass is 16.5. The van der Waals surface area contributed by atoms with Gasteiger partial charge in [-0.2, -0.15) is 4.98 Å². The molecule has 1 heterocycles. The molecule has 0 bridgehead atoms. The van der Waals surface area contributed by atoms with Gasteiger partial charge in [-0.25, -0.2) is 4.98 Å². The van der Waals surface area contributed by atoms with Crippen molar-refractivity contribution in [2.45, 2.75) is 0 Å². The average Bonchev–Trinajstić information content (AvgIpc) is 2.39. The zero-order valence-corrected chi connectivity index (χ0v) is 9.18. The summed E-state index contributed by atoms with van der Waals surface area (Å²) in [5.74, 6) is 1.95. The molecule has 0 spiro atoms. The van der Waals surface area contributed by atoms with Gasteiger partial charge in [0.15, 0.2) is 5.82 Å². The van der Waals surface area contributed by atoms with E-state index >= 15 is 0 Å². The molecular weight excluding hydrogens is 204 g/mol. The van der Waals surface area contributed by atoms with Gasteiger partial charge in [0.05, 0.1) is 14.2 Å². The van der Waals surface area contributed by atoms with Crippen molar-refractivity contribution in [2.75, 3.05) is 14.2 Å². The summed E-state index contributed by atoms with van der Waals surface area (Å²) in [6.07, 6.45) is 1.67. The van der Waals surface area contributed by atoms with E-state index in [4.69, 9.17) is 9.47 Å².